The normalized spacial score (nSPS) is 13.0. The van der Waals surface area contributed by atoms with E-state index >= 15 is 0 Å². The van der Waals surface area contributed by atoms with E-state index in [4.69, 9.17) is 23.2 Å². The Bertz CT molecular complexity index is 645. The minimum absolute atomic E-state index is 0.0641. The van der Waals surface area contributed by atoms with E-state index in [1.807, 2.05) is 4.57 Å². The van der Waals surface area contributed by atoms with Crippen LogP contribution in [0.2, 0.25) is 5.02 Å². The molecule has 0 aliphatic rings. The predicted octanol–water partition coefficient (Wildman–Crippen LogP) is 3.38. The third-order valence-electron chi connectivity index (χ3n) is 3.00. The van der Waals surface area contributed by atoms with Gasteiger partial charge in [0.15, 0.2) is 0 Å². The van der Waals surface area contributed by atoms with E-state index in [2.05, 4.69) is 4.98 Å². The highest BCUT2D eigenvalue weighted by atomic mass is 35.5. The summed E-state index contributed by atoms with van der Waals surface area (Å²) in [5.41, 5.74) is 1.36. The predicted molar refractivity (Wildman–Crippen MR) is 82.7 cm³/mol. The van der Waals surface area contributed by atoms with Crippen LogP contribution in [0.1, 0.15) is 12.2 Å². The number of imidazole rings is 1. The number of halogens is 3. The van der Waals surface area contributed by atoms with Crippen molar-refractivity contribution >= 4 is 45.0 Å². The maximum Gasteiger partial charge on any atom is 0.144 e. The highest BCUT2D eigenvalue weighted by Crippen LogP contribution is 2.24. The minimum Gasteiger partial charge on any atom is -0.328 e. The second kappa shape index (κ2) is 6.87. The van der Waals surface area contributed by atoms with Gasteiger partial charge in [-0.25, -0.2) is 9.37 Å². The quantitative estimate of drug-likeness (QED) is 0.758. The van der Waals surface area contributed by atoms with Crippen LogP contribution >= 0.6 is 23.2 Å². The molecule has 0 N–H and O–H groups in total. The number of aryl methyl sites for hydroxylation is 2. The molecule has 0 aliphatic carbocycles. The molecule has 1 heterocycles. The lowest BCUT2D eigenvalue weighted by atomic mass is 10.3. The molecule has 20 heavy (non-hydrogen) atoms. The van der Waals surface area contributed by atoms with Gasteiger partial charge < -0.3 is 4.57 Å². The highest BCUT2D eigenvalue weighted by Gasteiger charge is 2.13. The fourth-order valence-electron chi connectivity index (χ4n) is 2.12. The van der Waals surface area contributed by atoms with E-state index in [1.165, 1.54) is 12.1 Å². The molecule has 0 saturated heterocycles. The molecule has 0 amide bonds. The van der Waals surface area contributed by atoms with E-state index in [0.717, 1.165) is 12.2 Å². The Morgan fingerprint density at radius 1 is 1.45 bits per heavy atom. The molecule has 3 nitrogen and oxygen atoms in total. The molecule has 2 rings (SSSR count). The summed E-state index contributed by atoms with van der Waals surface area (Å²) in [4.78, 5) is 4.45. The standard InChI is InChI=1S/C13H15Cl2FN2OS/c1-20(19)6-2-5-18-12-8-10(16)9(15)7-11(12)17-13(18)3-4-14/h7-8H,2-6H2,1H3. The van der Waals surface area contributed by atoms with Gasteiger partial charge in [0.1, 0.15) is 11.6 Å². The summed E-state index contributed by atoms with van der Waals surface area (Å²) in [7, 11) is -0.834. The van der Waals surface area contributed by atoms with E-state index in [1.54, 1.807) is 6.26 Å². The number of fused-ring (bicyclic) bond motifs is 1. The zero-order valence-corrected chi connectivity index (χ0v) is 13.4. The smallest absolute Gasteiger partial charge is 0.144 e. The van der Waals surface area contributed by atoms with Gasteiger partial charge in [0, 0.05) is 47.7 Å². The third-order valence-corrected chi connectivity index (χ3v) is 4.34. The van der Waals surface area contributed by atoms with Crippen molar-refractivity contribution in [2.24, 2.45) is 0 Å². The average Bonchev–Trinajstić information content (AvgIpc) is 2.68. The van der Waals surface area contributed by atoms with Crippen molar-refractivity contribution in [3.63, 3.8) is 0 Å². The molecule has 1 aromatic carbocycles. The van der Waals surface area contributed by atoms with Crippen LogP contribution in [0.15, 0.2) is 12.1 Å². The van der Waals surface area contributed by atoms with Crippen LogP contribution in [0.3, 0.4) is 0 Å². The topological polar surface area (TPSA) is 34.9 Å². The third kappa shape index (κ3) is 3.51. The van der Waals surface area contributed by atoms with Crippen molar-refractivity contribution in [3.05, 3.63) is 28.8 Å². The zero-order chi connectivity index (χ0) is 14.7. The van der Waals surface area contributed by atoms with Crippen LogP contribution in [0, 0.1) is 5.82 Å². The van der Waals surface area contributed by atoms with Gasteiger partial charge in [0.2, 0.25) is 0 Å². The molecule has 0 saturated carbocycles. The fourth-order valence-corrected chi connectivity index (χ4v) is 2.98. The Hall–Kier alpha value is -0.650. The lowest BCUT2D eigenvalue weighted by Gasteiger charge is -2.08. The van der Waals surface area contributed by atoms with Crippen LogP contribution < -0.4 is 0 Å². The Labute approximate surface area is 129 Å². The molecule has 2 aromatic rings. The van der Waals surface area contributed by atoms with Crippen molar-refractivity contribution in [1.82, 2.24) is 9.55 Å². The first kappa shape index (κ1) is 15.7. The Morgan fingerprint density at radius 2 is 2.20 bits per heavy atom. The van der Waals surface area contributed by atoms with Crippen molar-refractivity contribution in [2.45, 2.75) is 19.4 Å². The molecule has 1 aromatic heterocycles. The first-order valence-electron chi connectivity index (χ1n) is 6.23. The maximum absolute atomic E-state index is 13.6. The number of aromatic nitrogens is 2. The van der Waals surface area contributed by atoms with Crippen molar-refractivity contribution in [3.8, 4) is 0 Å². The minimum atomic E-state index is -0.834. The number of rotatable bonds is 6. The molecule has 1 unspecified atom stereocenters. The Kier molecular flexibility index (Phi) is 5.41. The Balaban J connectivity index is 2.39. The molecule has 0 aliphatic heterocycles. The summed E-state index contributed by atoms with van der Waals surface area (Å²) >= 11 is 11.6. The lowest BCUT2D eigenvalue weighted by molar-refractivity contribution is 0.624. The molecular weight excluding hydrogens is 322 g/mol. The van der Waals surface area contributed by atoms with E-state index in [9.17, 15) is 8.60 Å². The highest BCUT2D eigenvalue weighted by molar-refractivity contribution is 7.84. The van der Waals surface area contributed by atoms with Crippen LogP contribution in [-0.2, 0) is 23.8 Å². The van der Waals surface area contributed by atoms with Gasteiger partial charge in [-0.15, -0.1) is 11.6 Å². The summed E-state index contributed by atoms with van der Waals surface area (Å²) in [5.74, 6) is 1.39. The number of nitrogens with zero attached hydrogens (tertiary/aromatic N) is 2. The van der Waals surface area contributed by atoms with Crippen LogP contribution in [-0.4, -0.2) is 31.6 Å². The molecule has 1 atom stereocenters. The number of hydrogen-bond acceptors (Lipinski definition) is 2. The second-order valence-electron chi connectivity index (χ2n) is 4.50. The molecule has 0 bridgehead atoms. The molecule has 110 valence electrons. The van der Waals surface area contributed by atoms with Gasteiger partial charge >= 0.3 is 0 Å². The first-order valence-corrected chi connectivity index (χ1v) is 8.87. The van der Waals surface area contributed by atoms with E-state index in [0.29, 0.717) is 35.6 Å². The summed E-state index contributed by atoms with van der Waals surface area (Å²) in [5, 5.41) is 0.0641. The number of benzene rings is 1. The fraction of sp³-hybridized carbons (Fsp3) is 0.462. The van der Waals surface area contributed by atoms with Crippen LogP contribution in [0.25, 0.3) is 11.0 Å². The summed E-state index contributed by atoms with van der Waals surface area (Å²) in [6, 6.07) is 2.92. The monoisotopic (exact) mass is 336 g/mol. The van der Waals surface area contributed by atoms with Crippen molar-refractivity contribution in [1.29, 1.82) is 0 Å². The molecule has 0 spiro atoms. The summed E-state index contributed by atoms with van der Waals surface area (Å²) in [6.45, 7) is 0.642. The summed E-state index contributed by atoms with van der Waals surface area (Å²) in [6.07, 6.45) is 3.02. The first-order chi connectivity index (χ1) is 9.52. The van der Waals surface area contributed by atoms with Gasteiger partial charge in [0.25, 0.3) is 0 Å². The van der Waals surface area contributed by atoms with Crippen molar-refractivity contribution in [2.75, 3.05) is 17.9 Å². The van der Waals surface area contributed by atoms with E-state index < -0.39 is 16.6 Å². The van der Waals surface area contributed by atoms with Gasteiger partial charge in [-0.1, -0.05) is 11.6 Å². The van der Waals surface area contributed by atoms with Gasteiger partial charge in [-0.2, -0.15) is 0 Å². The zero-order valence-electron chi connectivity index (χ0n) is 11.0. The van der Waals surface area contributed by atoms with Crippen LogP contribution in [0.4, 0.5) is 4.39 Å². The number of alkyl halides is 1. The molecule has 7 heteroatoms. The average molecular weight is 337 g/mol. The SMILES string of the molecule is CS(=O)CCCn1c(CCCl)nc2cc(Cl)c(F)cc21. The van der Waals surface area contributed by atoms with Gasteiger partial charge in [0.05, 0.1) is 16.1 Å². The molecule has 0 radical (unpaired) electrons. The second-order valence-corrected chi connectivity index (χ2v) is 6.84. The molecule has 0 fully saturated rings. The van der Waals surface area contributed by atoms with Gasteiger partial charge in [-0.05, 0) is 12.5 Å². The van der Waals surface area contributed by atoms with Crippen LogP contribution in [0.5, 0.6) is 0 Å². The maximum atomic E-state index is 13.6. The lowest BCUT2D eigenvalue weighted by Crippen LogP contribution is -2.07. The Morgan fingerprint density at radius 3 is 2.85 bits per heavy atom. The number of hydrogen-bond donors (Lipinski definition) is 0. The largest absolute Gasteiger partial charge is 0.328 e. The van der Waals surface area contributed by atoms with Crippen molar-refractivity contribution < 1.29 is 8.60 Å². The molecular formula is C13H15Cl2FN2OS. The van der Waals surface area contributed by atoms with Gasteiger partial charge in [-0.3, -0.25) is 4.21 Å². The summed E-state index contributed by atoms with van der Waals surface area (Å²) < 4.78 is 26.7. The van der Waals surface area contributed by atoms with E-state index in [-0.39, 0.29) is 5.02 Å².